The summed E-state index contributed by atoms with van der Waals surface area (Å²) >= 11 is 19.4. The highest BCUT2D eigenvalue weighted by molar-refractivity contribution is 6.36. The average Bonchev–Trinajstić information content (AvgIpc) is 3.67. The van der Waals surface area contributed by atoms with Crippen LogP contribution in [0.1, 0.15) is 41.0 Å². The summed E-state index contributed by atoms with van der Waals surface area (Å²) in [6, 6.07) is 28.7. The Morgan fingerprint density at radius 2 is 1.43 bits per heavy atom. The lowest BCUT2D eigenvalue weighted by atomic mass is 9.49. The second-order valence-corrected chi connectivity index (χ2v) is 17.2. The number of hydrogen-bond acceptors (Lipinski definition) is 9. The maximum Gasteiger partial charge on any atom is 0.260 e. The number of nitrogens with zero attached hydrogens (tertiary/aromatic N) is 2. The largest absolute Gasteiger partial charge is 0.508 e. The lowest BCUT2D eigenvalue weighted by molar-refractivity contribution is -0.138. The summed E-state index contributed by atoms with van der Waals surface area (Å²) < 4.78 is 16.4. The van der Waals surface area contributed by atoms with Crippen molar-refractivity contribution in [2.45, 2.75) is 24.2 Å². The summed E-state index contributed by atoms with van der Waals surface area (Å²) in [4.78, 5) is 61.1. The number of phenolic OH excluding ortho intramolecular Hbond substituents is 1. The van der Waals surface area contributed by atoms with Gasteiger partial charge in [-0.15, -0.1) is 0 Å². The number of nitrogens with one attached hydrogen (secondary N) is 1. The predicted molar refractivity (Wildman–Crippen MR) is 241 cm³/mol. The van der Waals surface area contributed by atoms with Gasteiger partial charge in [-0.2, -0.15) is 5.01 Å². The van der Waals surface area contributed by atoms with Gasteiger partial charge in [0.2, 0.25) is 11.8 Å². The van der Waals surface area contributed by atoms with Crippen LogP contribution in [0.3, 0.4) is 0 Å². The van der Waals surface area contributed by atoms with E-state index in [2.05, 4.69) is 5.43 Å². The standard InChI is InChI=1S/C49H40Cl3N3O8/c1-61-32-14-8-28(9-15-32)49-38(46(58)55(48(49)60)53-40-19-10-30(51)24-39(40)52)25-36-34(44(49)37-23-29(50)11-20-41(37)56)17-18-35-43(36)47(59)54(45(35)57)31-12-5-26(6-13-31)4-7-27-22-33(62-2)16-21-42(27)63-3/h4-17,19-24,35-36,38,43-44,53,56H,18,25H2,1-3H3. The van der Waals surface area contributed by atoms with Gasteiger partial charge in [0.05, 0.1) is 60.9 Å². The van der Waals surface area contributed by atoms with Crippen LogP contribution in [0.5, 0.6) is 23.0 Å². The number of halogens is 3. The molecule has 2 N–H and O–H groups in total. The third kappa shape index (κ3) is 6.90. The van der Waals surface area contributed by atoms with Gasteiger partial charge in [0.15, 0.2) is 0 Å². The maximum absolute atomic E-state index is 15.5. The molecule has 5 aromatic rings. The molecule has 0 aromatic heterocycles. The van der Waals surface area contributed by atoms with E-state index < -0.39 is 52.7 Å². The van der Waals surface area contributed by atoms with Gasteiger partial charge in [-0.1, -0.05) is 82.9 Å². The van der Waals surface area contributed by atoms with E-state index in [1.807, 2.05) is 48.6 Å². The number of rotatable bonds is 10. The number of fused-ring (bicyclic) bond motifs is 4. The minimum absolute atomic E-state index is 0.0400. The van der Waals surface area contributed by atoms with E-state index in [4.69, 9.17) is 49.0 Å². The minimum Gasteiger partial charge on any atom is -0.508 e. The monoisotopic (exact) mass is 903 g/mol. The highest BCUT2D eigenvalue weighted by atomic mass is 35.5. The summed E-state index contributed by atoms with van der Waals surface area (Å²) in [5, 5.41) is 13.5. The zero-order valence-corrected chi connectivity index (χ0v) is 36.4. The number of benzene rings is 5. The molecule has 4 amide bonds. The molecule has 1 saturated carbocycles. The van der Waals surface area contributed by atoms with Crippen molar-refractivity contribution in [3.63, 3.8) is 0 Å². The first-order valence-electron chi connectivity index (χ1n) is 20.2. The number of carbonyl (C=O) groups is 4. The molecule has 3 fully saturated rings. The second-order valence-electron chi connectivity index (χ2n) is 16.0. The molecule has 2 aliphatic heterocycles. The van der Waals surface area contributed by atoms with Crippen molar-refractivity contribution in [3.05, 3.63) is 152 Å². The lowest BCUT2D eigenvalue weighted by Crippen LogP contribution is -2.53. The molecule has 2 aliphatic carbocycles. The molecule has 14 heteroatoms. The molecule has 6 atom stereocenters. The molecule has 320 valence electrons. The predicted octanol–water partition coefficient (Wildman–Crippen LogP) is 9.74. The second kappa shape index (κ2) is 16.5. The zero-order chi connectivity index (χ0) is 44.3. The zero-order valence-electron chi connectivity index (χ0n) is 34.2. The van der Waals surface area contributed by atoms with E-state index in [0.717, 1.165) is 16.1 Å². The van der Waals surface area contributed by atoms with Gasteiger partial charge in [0, 0.05) is 27.1 Å². The maximum atomic E-state index is 15.5. The number of imide groups is 2. The normalized spacial score (nSPS) is 24.0. The van der Waals surface area contributed by atoms with Crippen molar-refractivity contribution < 1.29 is 38.5 Å². The Morgan fingerprint density at radius 1 is 0.730 bits per heavy atom. The molecule has 2 heterocycles. The molecule has 0 bridgehead atoms. The summed E-state index contributed by atoms with van der Waals surface area (Å²) in [5.74, 6) is -4.60. The fourth-order valence-corrected chi connectivity index (χ4v) is 10.7. The topological polar surface area (TPSA) is 135 Å². The quantitative estimate of drug-likeness (QED) is 0.0798. The SMILES string of the molecule is COc1ccc(C23C(=O)N(Nc4ccc(Cl)cc4Cl)C(=O)C2CC2C(=CCC4C(=O)N(c5ccc(C=Cc6cc(OC)ccc6OC)cc5)C(=O)C42)C3c2cc(Cl)ccc2O)cc1. The van der Waals surface area contributed by atoms with Crippen LogP contribution in [0, 0.1) is 23.7 Å². The summed E-state index contributed by atoms with van der Waals surface area (Å²) in [7, 11) is 4.71. The molecule has 0 radical (unpaired) electrons. The van der Waals surface area contributed by atoms with E-state index in [-0.39, 0.29) is 35.2 Å². The highest BCUT2D eigenvalue weighted by Crippen LogP contribution is 2.65. The van der Waals surface area contributed by atoms with Crippen LogP contribution in [0.15, 0.2) is 115 Å². The molecule has 0 spiro atoms. The number of anilines is 2. The van der Waals surface area contributed by atoms with Gasteiger partial charge in [-0.25, -0.2) is 0 Å². The Balaban J connectivity index is 1.13. The average molecular weight is 905 g/mol. The van der Waals surface area contributed by atoms with Crippen molar-refractivity contribution in [1.82, 2.24) is 5.01 Å². The van der Waals surface area contributed by atoms with Gasteiger partial charge in [-0.05, 0) is 109 Å². The number of amides is 4. The molecule has 9 rings (SSSR count). The van der Waals surface area contributed by atoms with Gasteiger partial charge in [0.1, 0.15) is 23.0 Å². The molecule has 6 unspecified atom stereocenters. The van der Waals surface area contributed by atoms with Crippen LogP contribution in [0.2, 0.25) is 15.1 Å². The van der Waals surface area contributed by atoms with E-state index >= 15 is 9.59 Å². The molecule has 2 saturated heterocycles. The number of ether oxygens (including phenoxy) is 3. The van der Waals surface area contributed by atoms with Gasteiger partial charge < -0.3 is 19.3 Å². The van der Waals surface area contributed by atoms with Crippen molar-refractivity contribution in [2.24, 2.45) is 23.7 Å². The molecule has 63 heavy (non-hydrogen) atoms. The Labute approximate surface area is 378 Å². The van der Waals surface area contributed by atoms with Crippen LogP contribution < -0.4 is 24.5 Å². The Kier molecular flexibility index (Phi) is 11.0. The van der Waals surface area contributed by atoms with Crippen molar-refractivity contribution in [3.8, 4) is 23.0 Å². The Morgan fingerprint density at radius 3 is 2.13 bits per heavy atom. The summed E-state index contributed by atoms with van der Waals surface area (Å²) in [6.45, 7) is 0. The fraction of sp³-hybridized carbons (Fsp3) is 0.224. The van der Waals surface area contributed by atoms with Crippen molar-refractivity contribution in [1.29, 1.82) is 0 Å². The molecular weight excluding hydrogens is 865 g/mol. The van der Waals surface area contributed by atoms with Crippen LogP contribution in [-0.4, -0.2) is 55.1 Å². The van der Waals surface area contributed by atoms with Crippen LogP contribution in [0.25, 0.3) is 12.2 Å². The smallest absolute Gasteiger partial charge is 0.260 e. The van der Waals surface area contributed by atoms with E-state index in [1.165, 1.54) is 30.2 Å². The first kappa shape index (κ1) is 42.1. The van der Waals surface area contributed by atoms with E-state index in [0.29, 0.717) is 49.7 Å². The summed E-state index contributed by atoms with van der Waals surface area (Å²) in [6.07, 6.45) is 5.93. The number of methoxy groups -OCH3 is 3. The third-order valence-electron chi connectivity index (χ3n) is 12.9. The molecular formula is C49H40Cl3N3O8. The number of hydrazine groups is 1. The van der Waals surface area contributed by atoms with Crippen molar-refractivity contribution >= 4 is 82.0 Å². The summed E-state index contributed by atoms with van der Waals surface area (Å²) in [5.41, 5.74) is 5.05. The lowest BCUT2D eigenvalue weighted by Gasteiger charge is -2.50. The molecule has 11 nitrogen and oxygen atoms in total. The van der Waals surface area contributed by atoms with Crippen LogP contribution in [0.4, 0.5) is 11.4 Å². The van der Waals surface area contributed by atoms with E-state index in [1.54, 1.807) is 68.8 Å². The van der Waals surface area contributed by atoms with Gasteiger partial charge in [-0.3, -0.25) is 29.5 Å². The molecule has 5 aromatic carbocycles. The minimum atomic E-state index is -1.67. The first-order chi connectivity index (χ1) is 30.4. The number of hydrogen-bond donors (Lipinski definition) is 2. The van der Waals surface area contributed by atoms with Gasteiger partial charge in [0.25, 0.3) is 11.8 Å². The number of aromatic hydroxyl groups is 1. The number of carbonyl (C=O) groups excluding carboxylic acids is 4. The highest BCUT2D eigenvalue weighted by Gasteiger charge is 2.70. The van der Waals surface area contributed by atoms with Crippen LogP contribution >= 0.6 is 34.8 Å². The van der Waals surface area contributed by atoms with Crippen LogP contribution in [-0.2, 0) is 24.6 Å². The fourth-order valence-electron chi connectivity index (χ4n) is 10.1. The first-order valence-corrected chi connectivity index (χ1v) is 21.3. The Hall–Kier alpha value is -6.27. The van der Waals surface area contributed by atoms with Crippen molar-refractivity contribution in [2.75, 3.05) is 31.7 Å². The number of allylic oxidation sites excluding steroid dienone is 2. The molecule has 4 aliphatic rings. The Bertz CT molecular complexity index is 2760. The number of phenols is 1. The van der Waals surface area contributed by atoms with E-state index in [9.17, 15) is 14.7 Å². The van der Waals surface area contributed by atoms with Gasteiger partial charge >= 0.3 is 0 Å². The third-order valence-corrected chi connectivity index (χ3v) is 13.7.